The van der Waals surface area contributed by atoms with Gasteiger partial charge in [-0.3, -0.25) is 4.90 Å². The minimum atomic E-state index is -0.807. The van der Waals surface area contributed by atoms with E-state index in [1.165, 1.54) is 13.2 Å². The number of piperidine rings is 1. The van der Waals surface area contributed by atoms with Crippen LogP contribution in [0.3, 0.4) is 0 Å². The summed E-state index contributed by atoms with van der Waals surface area (Å²) >= 11 is 0. The van der Waals surface area contributed by atoms with Crippen molar-refractivity contribution in [1.82, 2.24) is 4.90 Å². The molecule has 1 unspecified atom stereocenters. The summed E-state index contributed by atoms with van der Waals surface area (Å²) in [7, 11) is 3.09. The molecule has 1 aliphatic heterocycles. The number of rotatable bonds is 5. The molecule has 1 fully saturated rings. The van der Waals surface area contributed by atoms with E-state index in [9.17, 15) is 9.50 Å². The van der Waals surface area contributed by atoms with E-state index >= 15 is 0 Å². The van der Waals surface area contributed by atoms with Crippen molar-refractivity contribution < 1.29 is 19.0 Å². The minimum absolute atomic E-state index is 0.268. The largest absolute Gasteiger partial charge is 0.494 e. The molecule has 0 radical (unpaired) electrons. The van der Waals surface area contributed by atoms with Gasteiger partial charge in [0, 0.05) is 32.2 Å². The zero-order valence-corrected chi connectivity index (χ0v) is 13.9. The molecule has 5 heteroatoms. The maximum Gasteiger partial charge on any atom is 0.165 e. The van der Waals surface area contributed by atoms with Crippen LogP contribution in [0.15, 0.2) is 18.2 Å². The number of aliphatic hydroxyl groups is 1. The van der Waals surface area contributed by atoms with Gasteiger partial charge in [0.1, 0.15) is 0 Å². The van der Waals surface area contributed by atoms with Crippen molar-refractivity contribution in [3.63, 3.8) is 0 Å². The van der Waals surface area contributed by atoms with E-state index < -0.39 is 5.60 Å². The van der Waals surface area contributed by atoms with Crippen LogP contribution < -0.4 is 4.74 Å². The molecule has 0 aromatic heterocycles. The van der Waals surface area contributed by atoms with E-state index in [1.54, 1.807) is 19.2 Å². The third kappa shape index (κ3) is 3.42. The lowest BCUT2D eigenvalue weighted by Crippen LogP contribution is -2.59. The summed E-state index contributed by atoms with van der Waals surface area (Å²) in [6.45, 7) is 6.71. The Hall–Kier alpha value is -1.17. The standard InChI is InChI=1S/C17H26FNO3/c1-16(2)11-19(8-7-17(16,20)12-21-3)10-13-5-6-14(18)15(9-13)22-4/h5-6,9,20H,7-8,10-12H2,1-4H3. The van der Waals surface area contributed by atoms with E-state index in [0.29, 0.717) is 19.6 Å². The topological polar surface area (TPSA) is 41.9 Å². The predicted octanol–water partition coefficient (Wildman–Crippen LogP) is 2.44. The van der Waals surface area contributed by atoms with Crippen molar-refractivity contribution >= 4 is 0 Å². The summed E-state index contributed by atoms with van der Waals surface area (Å²) in [5.41, 5.74) is -0.0735. The number of likely N-dealkylation sites (tertiary alicyclic amines) is 1. The van der Waals surface area contributed by atoms with Crippen LogP contribution in [0.25, 0.3) is 0 Å². The normalized spacial score (nSPS) is 25.2. The molecule has 4 nitrogen and oxygen atoms in total. The summed E-state index contributed by atoms with van der Waals surface area (Å²) in [6.07, 6.45) is 0.659. The van der Waals surface area contributed by atoms with Crippen LogP contribution in [0.1, 0.15) is 25.8 Å². The van der Waals surface area contributed by atoms with E-state index in [0.717, 1.165) is 18.7 Å². The summed E-state index contributed by atoms with van der Waals surface area (Å²) in [5.74, 6) is -0.0793. The third-order valence-electron chi connectivity index (χ3n) is 4.73. The Morgan fingerprint density at radius 3 is 2.64 bits per heavy atom. The molecule has 1 atom stereocenters. The van der Waals surface area contributed by atoms with Crippen LogP contribution in [0.4, 0.5) is 4.39 Å². The summed E-state index contributed by atoms with van der Waals surface area (Å²) < 4.78 is 23.7. The SMILES string of the molecule is COCC1(O)CCN(Cc2ccc(F)c(OC)c2)CC1(C)C. The third-order valence-corrected chi connectivity index (χ3v) is 4.73. The Labute approximate surface area is 131 Å². The first-order valence-electron chi connectivity index (χ1n) is 7.57. The second-order valence-electron chi connectivity index (χ2n) is 6.78. The van der Waals surface area contributed by atoms with Gasteiger partial charge in [0.25, 0.3) is 0 Å². The van der Waals surface area contributed by atoms with Crippen LogP contribution in [0, 0.1) is 11.2 Å². The van der Waals surface area contributed by atoms with Crippen LogP contribution in [-0.4, -0.2) is 49.5 Å². The highest BCUT2D eigenvalue weighted by atomic mass is 19.1. The van der Waals surface area contributed by atoms with Crippen molar-refractivity contribution in [2.45, 2.75) is 32.4 Å². The molecule has 1 aliphatic rings. The zero-order chi connectivity index (χ0) is 16.4. The number of hydrogen-bond acceptors (Lipinski definition) is 4. The quantitative estimate of drug-likeness (QED) is 0.907. The number of methoxy groups -OCH3 is 2. The molecular weight excluding hydrogens is 285 g/mol. The average molecular weight is 311 g/mol. The van der Waals surface area contributed by atoms with Crippen molar-refractivity contribution in [3.05, 3.63) is 29.6 Å². The maximum absolute atomic E-state index is 13.5. The average Bonchev–Trinajstić information content (AvgIpc) is 2.45. The van der Waals surface area contributed by atoms with Gasteiger partial charge in [-0.1, -0.05) is 19.9 Å². The first kappa shape index (κ1) is 17.2. The van der Waals surface area contributed by atoms with Crippen LogP contribution in [0.2, 0.25) is 0 Å². The van der Waals surface area contributed by atoms with Crippen LogP contribution in [0.5, 0.6) is 5.75 Å². The Bertz CT molecular complexity index is 521. The van der Waals surface area contributed by atoms with Gasteiger partial charge in [0.05, 0.1) is 19.3 Å². The Balaban J connectivity index is 2.07. The molecule has 1 saturated heterocycles. The molecule has 1 aromatic carbocycles. The zero-order valence-electron chi connectivity index (χ0n) is 13.9. The van der Waals surface area contributed by atoms with E-state index in [-0.39, 0.29) is 17.0 Å². The Kier molecular flexibility index (Phi) is 5.10. The molecular formula is C17H26FNO3. The summed E-state index contributed by atoms with van der Waals surface area (Å²) in [4.78, 5) is 2.27. The van der Waals surface area contributed by atoms with Crippen molar-refractivity contribution in [1.29, 1.82) is 0 Å². The monoisotopic (exact) mass is 311 g/mol. The molecule has 0 saturated carbocycles. The number of benzene rings is 1. The smallest absolute Gasteiger partial charge is 0.165 e. The number of hydrogen-bond donors (Lipinski definition) is 1. The second-order valence-corrected chi connectivity index (χ2v) is 6.78. The van der Waals surface area contributed by atoms with Gasteiger partial charge in [0.15, 0.2) is 11.6 Å². The molecule has 124 valence electrons. The highest BCUT2D eigenvalue weighted by Crippen LogP contribution is 2.39. The minimum Gasteiger partial charge on any atom is -0.494 e. The molecule has 1 aromatic rings. The van der Waals surface area contributed by atoms with Crippen molar-refractivity contribution in [2.24, 2.45) is 5.41 Å². The predicted molar refractivity (Wildman–Crippen MR) is 83.5 cm³/mol. The van der Waals surface area contributed by atoms with E-state index in [1.807, 2.05) is 0 Å². The Morgan fingerprint density at radius 2 is 2.05 bits per heavy atom. The van der Waals surface area contributed by atoms with E-state index in [4.69, 9.17) is 9.47 Å². The highest BCUT2D eigenvalue weighted by molar-refractivity contribution is 5.30. The van der Waals surface area contributed by atoms with Gasteiger partial charge < -0.3 is 14.6 Å². The molecule has 1 N–H and O–H groups in total. The molecule has 1 heterocycles. The first-order chi connectivity index (χ1) is 10.3. The van der Waals surface area contributed by atoms with Gasteiger partial charge in [-0.25, -0.2) is 4.39 Å². The molecule has 0 aliphatic carbocycles. The Morgan fingerprint density at radius 1 is 1.32 bits per heavy atom. The number of nitrogens with zero attached hydrogens (tertiary/aromatic N) is 1. The van der Waals surface area contributed by atoms with Gasteiger partial charge >= 0.3 is 0 Å². The van der Waals surface area contributed by atoms with Crippen molar-refractivity contribution in [3.8, 4) is 5.75 Å². The molecule has 0 spiro atoms. The first-order valence-corrected chi connectivity index (χ1v) is 7.57. The lowest BCUT2D eigenvalue weighted by Gasteiger charge is -2.50. The fourth-order valence-corrected chi connectivity index (χ4v) is 3.17. The highest BCUT2D eigenvalue weighted by Gasteiger charge is 2.47. The van der Waals surface area contributed by atoms with Crippen LogP contribution >= 0.6 is 0 Å². The van der Waals surface area contributed by atoms with E-state index in [2.05, 4.69) is 18.7 Å². The summed E-state index contributed by atoms with van der Waals surface area (Å²) in [6, 6.07) is 4.95. The molecule has 0 bridgehead atoms. The molecule has 22 heavy (non-hydrogen) atoms. The fourth-order valence-electron chi connectivity index (χ4n) is 3.17. The van der Waals surface area contributed by atoms with Gasteiger partial charge in [0.2, 0.25) is 0 Å². The maximum atomic E-state index is 13.5. The lowest BCUT2D eigenvalue weighted by molar-refractivity contribution is -0.151. The molecule has 0 amide bonds. The summed E-state index contributed by atoms with van der Waals surface area (Å²) in [5, 5.41) is 10.8. The van der Waals surface area contributed by atoms with Gasteiger partial charge in [-0.15, -0.1) is 0 Å². The van der Waals surface area contributed by atoms with Crippen LogP contribution in [-0.2, 0) is 11.3 Å². The number of ether oxygens (including phenoxy) is 2. The van der Waals surface area contributed by atoms with Gasteiger partial charge in [-0.2, -0.15) is 0 Å². The lowest BCUT2D eigenvalue weighted by atomic mass is 9.70. The van der Waals surface area contributed by atoms with Gasteiger partial charge in [-0.05, 0) is 24.1 Å². The number of halogens is 1. The van der Waals surface area contributed by atoms with Crippen molar-refractivity contribution in [2.75, 3.05) is 33.9 Å². The fraction of sp³-hybridized carbons (Fsp3) is 0.647. The molecule has 2 rings (SSSR count). The second kappa shape index (κ2) is 6.52.